The first kappa shape index (κ1) is 14.9. The molecule has 2 aliphatic rings. The average molecular weight is 307 g/mol. The van der Waals surface area contributed by atoms with Crippen molar-refractivity contribution >= 4 is 12.0 Å². The summed E-state index contributed by atoms with van der Waals surface area (Å²) in [4.78, 5) is 28.0. The molecule has 1 unspecified atom stereocenters. The highest BCUT2D eigenvalue weighted by Crippen LogP contribution is 2.24. The third-order valence-electron chi connectivity index (χ3n) is 4.43. The molecule has 7 nitrogen and oxygen atoms in total. The van der Waals surface area contributed by atoms with Crippen molar-refractivity contribution in [2.75, 3.05) is 19.6 Å². The van der Waals surface area contributed by atoms with Gasteiger partial charge in [-0.25, -0.2) is 4.79 Å². The second-order valence-electron chi connectivity index (χ2n) is 6.07. The summed E-state index contributed by atoms with van der Waals surface area (Å²) in [5.74, 6) is 0.522. The number of carbonyl (C=O) groups excluding carboxylic acids is 2. The standard InChI is InChI=1S/C15H21N3O4/c1-9-8-18(15(20)21-9)12-4-6-17(7-5-12)14(19)13-10(2)16-22-11(13)3/h9,12H,4-8H2,1-3H3. The van der Waals surface area contributed by atoms with E-state index in [1.165, 1.54) is 0 Å². The number of aromatic nitrogens is 1. The molecule has 0 spiro atoms. The number of carbonyl (C=O) groups is 2. The fourth-order valence-electron chi connectivity index (χ4n) is 3.25. The van der Waals surface area contributed by atoms with E-state index in [0.717, 1.165) is 12.8 Å². The molecule has 1 aromatic heterocycles. The molecule has 0 aromatic carbocycles. The molecule has 1 aromatic rings. The molecule has 2 aliphatic heterocycles. The lowest BCUT2D eigenvalue weighted by Crippen LogP contribution is -2.47. The van der Waals surface area contributed by atoms with Crippen LogP contribution in [0.25, 0.3) is 0 Å². The number of amides is 2. The van der Waals surface area contributed by atoms with Crippen molar-refractivity contribution in [3.05, 3.63) is 17.0 Å². The van der Waals surface area contributed by atoms with Gasteiger partial charge >= 0.3 is 6.09 Å². The zero-order valence-electron chi connectivity index (χ0n) is 13.2. The highest BCUT2D eigenvalue weighted by molar-refractivity contribution is 5.96. The third kappa shape index (κ3) is 2.55. The zero-order valence-corrected chi connectivity index (χ0v) is 13.2. The fourth-order valence-corrected chi connectivity index (χ4v) is 3.25. The lowest BCUT2D eigenvalue weighted by atomic mass is 10.0. The van der Waals surface area contributed by atoms with E-state index < -0.39 is 0 Å². The lowest BCUT2D eigenvalue weighted by Gasteiger charge is -2.35. The topological polar surface area (TPSA) is 75.9 Å². The molecule has 0 aliphatic carbocycles. The van der Waals surface area contributed by atoms with Gasteiger partial charge in [0.1, 0.15) is 17.4 Å². The summed E-state index contributed by atoms with van der Waals surface area (Å²) in [6, 6.07) is 0.158. The predicted octanol–water partition coefficient (Wildman–Crippen LogP) is 1.74. The zero-order chi connectivity index (χ0) is 15.9. The molecule has 120 valence electrons. The monoisotopic (exact) mass is 307 g/mol. The minimum atomic E-state index is -0.233. The fraction of sp³-hybridized carbons (Fsp3) is 0.667. The molecule has 0 bridgehead atoms. The maximum absolute atomic E-state index is 12.6. The van der Waals surface area contributed by atoms with Gasteiger partial charge in [0.25, 0.3) is 5.91 Å². The average Bonchev–Trinajstić information content (AvgIpc) is 3.00. The molecule has 0 N–H and O–H groups in total. The number of hydrogen-bond donors (Lipinski definition) is 0. The minimum Gasteiger partial charge on any atom is -0.444 e. The van der Waals surface area contributed by atoms with Crippen LogP contribution in [0.3, 0.4) is 0 Å². The highest BCUT2D eigenvalue weighted by Gasteiger charge is 2.36. The Kier molecular flexibility index (Phi) is 3.80. The Bertz CT molecular complexity index is 570. The highest BCUT2D eigenvalue weighted by atomic mass is 16.6. The molecular weight excluding hydrogens is 286 g/mol. The van der Waals surface area contributed by atoms with Gasteiger partial charge in [0.15, 0.2) is 0 Å². The molecular formula is C15H21N3O4. The van der Waals surface area contributed by atoms with E-state index in [2.05, 4.69) is 5.16 Å². The quantitative estimate of drug-likeness (QED) is 0.832. The van der Waals surface area contributed by atoms with Crippen molar-refractivity contribution in [3.63, 3.8) is 0 Å². The minimum absolute atomic E-state index is 0.0351. The first-order valence-corrected chi connectivity index (χ1v) is 7.66. The van der Waals surface area contributed by atoms with Gasteiger partial charge in [-0.3, -0.25) is 4.79 Å². The van der Waals surface area contributed by atoms with E-state index in [1.54, 1.807) is 18.7 Å². The van der Waals surface area contributed by atoms with Gasteiger partial charge in [-0.2, -0.15) is 0 Å². The Balaban J connectivity index is 1.62. The lowest BCUT2D eigenvalue weighted by molar-refractivity contribution is 0.0656. The molecule has 7 heteroatoms. The number of cyclic esters (lactones) is 1. The van der Waals surface area contributed by atoms with Gasteiger partial charge in [-0.05, 0) is 33.6 Å². The molecule has 0 saturated carbocycles. The van der Waals surface area contributed by atoms with Gasteiger partial charge in [0.2, 0.25) is 0 Å². The van der Waals surface area contributed by atoms with Crippen LogP contribution in [0.2, 0.25) is 0 Å². The Hall–Kier alpha value is -2.05. The molecule has 2 saturated heterocycles. The molecule has 1 atom stereocenters. The van der Waals surface area contributed by atoms with E-state index in [1.807, 2.05) is 11.8 Å². The molecule has 22 heavy (non-hydrogen) atoms. The number of hydrogen-bond acceptors (Lipinski definition) is 5. The van der Waals surface area contributed by atoms with Crippen LogP contribution in [0.15, 0.2) is 4.52 Å². The molecule has 3 heterocycles. The third-order valence-corrected chi connectivity index (χ3v) is 4.43. The number of piperidine rings is 1. The second-order valence-corrected chi connectivity index (χ2v) is 6.07. The van der Waals surface area contributed by atoms with Crippen molar-refractivity contribution < 1.29 is 18.8 Å². The van der Waals surface area contributed by atoms with Crippen LogP contribution in [-0.4, -0.2) is 58.7 Å². The van der Waals surface area contributed by atoms with E-state index in [-0.39, 0.29) is 24.1 Å². The van der Waals surface area contributed by atoms with Crippen LogP contribution in [-0.2, 0) is 4.74 Å². The molecule has 2 fully saturated rings. The van der Waals surface area contributed by atoms with Gasteiger partial charge in [-0.15, -0.1) is 0 Å². The van der Waals surface area contributed by atoms with E-state index in [9.17, 15) is 9.59 Å². The van der Waals surface area contributed by atoms with Gasteiger partial charge in [0, 0.05) is 19.1 Å². The first-order chi connectivity index (χ1) is 10.5. The number of nitrogens with zero attached hydrogens (tertiary/aromatic N) is 3. The van der Waals surface area contributed by atoms with Crippen LogP contribution in [0.4, 0.5) is 4.79 Å². The summed E-state index contributed by atoms with van der Waals surface area (Å²) in [5, 5.41) is 3.84. The summed E-state index contributed by atoms with van der Waals surface area (Å²) < 4.78 is 10.2. The maximum Gasteiger partial charge on any atom is 0.410 e. The van der Waals surface area contributed by atoms with E-state index in [0.29, 0.717) is 36.7 Å². The maximum atomic E-state index is 12.6. The number of ether oxygens (including phenoxy) is 1. The van der Waals surface area contributed by atoms with Crippen LogP contribution in [0.1, 0.15) is 41.6 Å². The van der Waals surface area contributed by atoms with Crippen molar-refractivity contribution in [2.24, 2.45) is 0 Å². The van der Waals surface area contributed by atoms with Crippen LogP contribution < -0.4 is 0 Å². The Labute approximate surface area is 129 Å². The first-order valence-electron chi connectivity index (χ1n) is 7.66. The smallest absolute Gasteiger partial charge is 0.410 e. The molecule has 2 amide bonds. The number of aryl methyl sites for hydroxylation is 2. The van der Waals surface area contributed by atoms with Crippen molar-refractivity contribution in [3.8, 4) is 0 Å². The van der Waals surface area contributed by atoms with Crippen molar-refractivity contribution in [1.29, 1.82) is 0 Å². The van der Waals surface area contributed by atoms with Crippen LogP contribution >= 0.6 is 0 Å². The largest absolute Gasteiger partial charge is 0.444 e. The summed E-state index contributed by atoms with van der Waals surface area (Å²) >= 11 is 0. The molecule has 3 rings (SSSR count). The van der Waals surface area contributed by atoms with E-state index in [4.69, 9.17) is 9.26 Å². The summed E-state index contributed by atoms with van der Waals surface area (Å²) in [7, 11) is 0. The van der Waals surface area contributed by atoms with Gasteiger partial charge in [0.05, 0.1) is 12.2 Å². The SMILES string of the molecule is Cc1noc(C)c1C(=O)N1CCC(N2CC(C)OC2=O)CC1. The summed E-state index contributed by atoms with van der Waals surface area (Å²) in [5.41, 5.74) is 1.19. The number of likely N-dealkylation sites (tertiary alicyclic amines) is 1. The normalized spacial score (nSPS) is 23.0. The number of rotatable bonds is 2. The second kappa shape index (κ2) is 5.62. The van der Waals surface area contributed by atoms with Crippen LogP contribution in [0, 0.1) is 13.8 Å². The van der Waals surface area contributed by atoms with Gasteiger partial charge < -0.3 is 19.1 Å². The van der Waals surface area contributed by atoms with Crippen LogP contribution in [0.5, 0.6) is 0 Å². The van der Waals surface area contributed by atoms with Crippen molar-refractivity contribution in [1.82, 2.24) is 15.0 Å². The Morgan fingerprint density at radius 3 is 2.45 bits per heavy atom. The van der Waals surface area contributed by atoms with Crippen molar-refractivity contribution in [2.45, 2.75) is 45.8 Å². The van der Waals surface area contributed by atoms with Gasteiger partial charge in [-0.1, -0.05) is 5.16 Å². The Morgan fingerprint density at radius 2 is 1.95 bits per heavy atom. The molecule has 0 radical (unpaired) electrons. The van der Waals surface area contributed by atoms with E-state index >= 15 is 0 Å². The predicted molar refractivity (Wildman–Crippen MR) is 77.6 cm³/mol. The summed E-state index contributed by atoms with van der Waals surface area (Å²) in [6.07, 6.45) is 1.27. The summed E-state index contributed by atoms with van der Waals surface area (Å²) in [6.45, 7) is 7.33. The Morgan fingerprint density at radius 1 is 1.27 bits per heavy atom.